The highest BCUT2D eigenvalue weighted by Gasteiger charge is 2.30. The third-order valence-electron chi connectivity index (χ3n) is 16.2. The first kappa shape index (κ1) is 49.9. The Bertz CT molecular complexity index is 4140. The Kier molecular flexibility index (Phi) is 11.3. The Balaban J connectivity index is 1.28. The minimum absolute atomic E-state index is 0.0830. The SMILES string of the molecule is CC(C)(C)c1ccc2c(c1)c1cc(C(C)(C)C)ccc1n2-c1cc(-c2nc(-c3ccccc3)nc(-c3ccccc3)n2)cc(-n2c3ccc(C(C)(C)C)cc3c3cc(C(C)(C)C)ccc32)c1-n1c2ccccc2c2ncccc21. The molecule has 8 aromatic carbocycles. The van der Waals surface area contributed by atoms with Gasteiger partial charge in [0.05, 0.1) is 55.7 Å². The lowest BCUT2D eigenvalue weighted by atomic mass is 9.85. The van der Waals surface area contributed by atoms with Crippen molar-refractivity contribution < 1.29 is 0 Å². The highest BCUT2D eigenvalue weighted by atomic mass is 15.1. The minimum Gasteiger partial charge on any atom is -0.307 e. The molecule has 0 radical (unpaired) electrons. The summed E-state index contributed by atoms with van der Waals surface area (Å²) in [6.45, 7) is 27.7. The van der Waals surface area contributed by atoms with Crippen LogP contribution in [0.15, 0.2) is 188 Å². The molecule has 0 spiro atoms. The standard InChI is InChI=1S/C72H67N7/c1-69(2,3)47-29-33-57-52(40-47)53-41-48(70(4,5)6)30-34-58(53)77(57)62-38-46(68-75-66(44-22-15-13-16-23-44)74-67(76-68)45-24-17-14-18-25-45)39-63(65(62)79-56-27-20-19-26-51(56)64-61(79)28-21-37-73-64)78-59-35-31-49(71(7,8)9)42-54(59)55-43-50(72(10,11)12)32-36-60(55)78/h13-43H,1-12H3. The molecule has 7 nitrogen and oxygen atoms in total. The van der Waals surface area contributed by atoms with Crippen molar-refractivity contribution in [3.05, 3.63) is 210 Å². The first-order valence-corrected chi connectivity index (χ1v) is 27.8. The zero-order chi connectivity index (χ0) is 54.9. The van der Waals surface area contributed by atoms with Crippen LogP contribution in [0.2, 0.25) is 0 Å². The third-order valence-corrected chi connectivity index (χ3v) is 16.2. The molecule has 0 aliphatic heterocycles. The van der Waals surface area contributed by atoms with Crippen LogP contribution in [0.1, 0.15) is 105 Å². The maximum atomic E-state index is 5.48. The lowest BCUT2D eigenvalue weighted by Crippen LogP contribution is -2.12. The number of fused-ring (bicyclic) bond motifs is 9. The molecule has 13 rings (SSSR count). The second-order valence-corrected chi connectivity index (χ2v) is 25.7. The summed E-state index contributed by atoms with van der Waals surface area (Å²) in [7, 11) is 0. The monoisotopic (exact) mass is 1030 g/mol. The molecule has 0 amide bonds. The molecule has 0 bridgehead atoms. The van der Waals surface area contributed by atoms with Gasteiger partial charge in [0.2, 0.25) is 0 Å². The number of pyridine rings is 1. The summed E-state index contributed by atoms with van der Waals surface area (Å²) in [6.07, 6.45) is 1.92. The number of para-hydroxylation sites is 1. The lowest BCUT2D eigenvalue weighted by Gasteiger charge is -2.24. The Morgan fingerprint density at radius 1 is 0.291 bits per heavy atom. The lowest BCUT2D eigenvalue weighted by molar-refractivity contribution is 0.590. The van der Waals surface area contributed by atoms with E-state index in [-0.39, 0.29) is 21.7 Å². The van der Waals surface area contributed by atoms with E-state index in [0.717, 1.165) is 77.8 Å². The molecule has 0 saturated heterocycles. The molecule has 390 valence electrons. The van der Waals surface area contributed by atoms with E-state index in [1.807, 2.05) is 42.6 Å². The van der Waals surface area contributed by atoms with Gasteiger partial charge in [-0.1, -0.05) is 186 Å². The van der Waals surface area contributed by atoms with Crippen molar-refractivity contribution in [1.29, 1.82) is 0 Å². The Labute approximate surface area is 463 Å². The molecule has 79 heavy (non-hydrogen) atoms. The van der Waals surface area contributed by atoms with E-state index in [0.29, 0.717) is 17.5 Å². The van der Waals surface area contributed by atoms with Crippen molar-refractivity contribution >= 4 is 65.5 Å². The first-order valence-electron chi connectivity index (χ1n) is 27.8. The minimum atomic E-state index is -0.0830. The topological polar surface area (TPSA) is 66.3 Å². The number of nitrogens with zero attached hydrogens (tertiary/aromatic N) is 7. The number of hydrogen-bond donors (Lipinski definition) is 0. The van der Waals surface area contributed by atoms with Gasteiger partial charge in [-0.25, -0.2) is 15.0 Å². The van der Waals surface area contributed by atoms with E-state index in [2.05, 4.69) is 242 Å². The summed E-state index contributed by atoms with van der Waals surface area (Å²) < 4.78 is 7.51. The number of rotatable bonds is 6. The average molecular weight is 1030 g/mol. The van der Waals surface area contributed by atoms with E-state index in [1.165, 1.54) is 43.8 Å². The van der Waals surface area contributed by atoms with Crippen LogP contribution >= 0.6 is 0 Å². The van der Waals surface area contributed by atoms with Crippen LogP contribution in [0.4, 0.5) is 0 Å². The molecule has 0 saturated carbocycles. The molecular weight excluding hydrogens is 963 g/mol. The number of hydrogen-bond acceptors (Lipinski definition) is 4. The van der Waals surface area contributed by atoms with Crippen LogP contribution < -0.4 is 0 Å². The van der Waals surface area contributed by atoms with Crippen LogP contribution in [-0.4, -0.2) is 33.6 Å². The van der Waals surface area contributed by atoms with Gasteiger partial charge in [0, 0.05) is 49.8 Å². The van der Waals surface area contributed by atoms with Gasteiger partial charge in [0.15, 0.2) is 17.5 Å². The van der Waals surface area contributed by atoms with E-state index >= 15 is 0 Å². The van der Waals surface area contributed by atoms with Crippen molar-refractivity contribution in [3.63, 3.8) is 0 Å². The van der Waals surface area contributed by atoms with Crippen LogP contribution in [-0.2, 0) is 21.7 Å². The van der Waals surface area contributed by atoms with Crippen molar-refractivity contribution in [2.45, 2.75) is 105 Å². The molecule has 0 fully saturated rings. The van der Waals surface area contributed by atoms with Gasteiger partial charge in [-0.3, -0.25) is 4.98 Å². The summed E-state index contributed by atoms with van der Waals surface area (Å²) >= 11 is 0. The number of aromatic nitrogens is 7. The smallest absolute Gasteiger partial charge is 0.164 e. The predicted octanol–water partition coefficient (Wildman–Crippen LogP) is 18.7. The number of benzene rings is 8. The Morgan fingerprint density at radius 2 is 0.633 bits per heavy atom. The second kappa shape index (κ2) is 17.9. The maximum absolute atomic E-state index is 5.48. The van der Waals surface area contributed by atoms with Crippen molar-refractivity contribution in [2.75, 3.05) is 0 Å². The zero-order valence-corrected chi connectivity index (χ0v) is 47.5. The maximum Gasteiger partial charge on any atom is 0.164 e. The van der Waals surface area contributed by atoms with Crippen molar-refractivity contribution in [1.82, 2.24) is 33.6 Å². The van der Waals surface area contributed by atoms with Crippen molar-refractivity contribution in [3.8, 4) is 51.2 Å². The zero-order valence-electron chi connectivity index (χ0n) is 47.5. The molecule has 0 atom stereocenters. The molecule has 5 heterocycles. The summed E-state index contributed by atoms with van der Waals surface area (Å²) in [4.78, 5) is 21.3. The molecule has 0 aliphatic carbocycles. The van der Waals surface area contributed by atoms with Crippen LogP contribution in [0.3, 0.4) is 0 Å². The predicted molar refractivity (Wildman–Crippen MR) is 332 cm³/mol. The molecule has 0 unspecified atom stereocenters. The summed E-state index contributed by atoms with van der Waals surface area (Å²) in [5.41, 5.74) is 17.9. The van der Waals surface area contributed by atoms with E-state index in [9.17, 15) is 0 Å². The van der Waals surface area contributed by atoms with Crippen LogP contribution in [0.25, 0.3) is 117 Å². The van der Waals surface area contributed by atoms with Gasteiger partial charge in [-0.15, -0.1) is 0 Å². The van der Waals surface area contributed by atoms with Gasteiger partial charge in [0.25, 0.3) is 0 Å². The quantitative estimate of drug-likeness (QED) is 0.166. The second-order valence-electron chi connectivity index (χ2n) is 25.7. The van der Waals surface area contributed by atoms with Crippen LogP contribution in [0, 0.1) is 0 Å². The average Bonchev–Trinajstić information content (AvgIpc) is 3.65. The normalized spacial score (nSPS) is 12.8. The van der Waals surface area contributed by atoms with Crippen molar-refractivity contribution in [2.24, 2.45) is 0 Å². The third kappa shape index (κ3) is 8.41. The van der Waals surface area contributed by atoms with Gasteiger partial charge in [0.1, 0.15) is 0 Å². The molecule has 0 N–H and O–H groups in total. The van der Waals surface area contributed by atoms with Gasteiger partial charge >= 0.3 is 0 Å². The summed E-state index contributed by atoms with van der Waals surface area (Å²) in [5.74, 6) is 1.78. The first-order chi connectivity index (χ1) is 37.7. The molecule has 7 heteroatoms. The van der Waals surface area contributed by atoms with Gasteiger partial charge < -0.3 is 13.7 Å². The highest BCUT2D eigenvalue weighted by Crippen LogP contribution is 2.47. The van der Waals surface area contributed by atoms with E-state index in [4.69, 9.17) is 19.9 Å². The fourth-order valence-corrected chi connectivity index (χ4v) is 11.7. The van der Waals surface area contributed by atoms with Crippen LogP contribution in [0.5, 0.6) is 0 Å². The van der Waals surface area contributed by atoms with Gasteiger partial charge in [-0.05, 0) is 123 Å². The fraction of sp³-hybridized carbons (Fsp3) is 0.222. The molecule has 13 aromatic rings. The van der Waals surface area contributed by atoms with E-state index < -0.39 is 0 Å². The Morgan fingerprint density at radius 3 is 1.03 bits per heavy atom. The van der Waals surface area contributed by atoms with Gasteiger partial charge in [-0.2, -0.15) is 0 Å². The van der Waals surface area contributed by atoms with E-state index in [1.54, 1.807) is 0 Å². The fourth-order valence-electron chi connectivity index (χ4n) is 11.7. The molecule has 5 aromatic heterocycles. The summed E-state index contributed by atoms with van der Waals surface area (Å²) in [6, 6.07) is 66.7. The Hall–Kier alpha value is -8.68. The molecule has 0 aliphatic rings. The highest BCUT2D eigenvalue weighted by molar-refractivity contribution is 6.14. The summed E-state index contributed by atoms with van der Waals surface area (Å²) in [5, 5.41) is 5.89. The largest absolute Gasteiger partial charge is 0.307 e. The molecular formula is C72H67N7.